The molecule has 0 heterocycles. The molecule has 0 saturated heterocycles. The summed E-state index contributed by atoms with van der Waals surface area (Å²) in [6.07, 6.45) is -1.57. The molecule has 0 aliphatic rings. The fourth-order valence-corrected chi connectivity index (χ4v) is 2.33. The fourth-order valence-electron chi connectivity index (χ4n) is 2.33. The zero-order chi connectivity index (χ0) is 19.2. The lowest BCUT2D eigenvalue weighted by Crippen LogP contribution is -2.20. The lowest BCUT2D eigenvalue weighted by Gasteiger charge is -2.10. The van der Waals surface area contributed by atoms with E-state index < -0.39 is 11.7 Å². The molecule has 0 unspecified atom stereocenters. The second-order valence-corrected chi connectivity index (χ2v) is 6.23. The number of nitrogens with one attached hydrogen (secondary N) is 1. The van der Waals surface area contributed by atoms with E-state index in [4.69, 9.17) is 0 Å². The normalized spacial score (nSPS) is 11.9. The van der Waals surface area contributed by atoms with Gasteiger partial charge < -0.3 is 10.2 Å². The molecule has 0 spiro atoms. The second-order valence-electron chi connectivity index (χ2n) is 6.23. The molecule has 138 valence electrons. The number of carbonyl (C=O) groups excluding carboxylic acids is 1. The Morgan fingerprint density at radius 2 is 1.58 bits per heavy atom. The molecule has 3 nitrogen and oxygen atoms in total. The number of carbonyl (C=O) groups is 1. The van der Waals surface area contributed by atoms with E-state index in [1.54, 1.807) is 0 Å². The Morgan fingerprint density at radius 1 is 1.00 bits per heavy atom. The molecular weight excluding hydrogens is 341 g/mol. The van der Waals surface area contributed by atoms with Gasteiger partial charge in [0.25, 0.3) is 0 Å². The lowest BCUT2D eigenvalue weighted by atomic mass is 10.1. The SMILES string of the molecule is CN(C)Cc1ccc(CNC(=O)/C=C/c2ccc(C(F)(F)F)cc2)cc1. The summed E-state index contributed by atoms with van der Waals surface area (Å²) in [4.78, 5) is 13.9. The van der Waals surface area contributed by atoms with Crippen LogP contribution in [0.4, 0.5) is 13.2 Å². The maximum absolute atomic E-state index is 12.5. The summed E-state index contributed by atoms with van der Waals surface area (Å²) < 4.78 is 37.5. The third-order valence-corrected chi connectivity index (χ3v) is 3.65. The largest absolute Gasteiger partial charge is 0.416 e. The molecule has 26 heavy (non-hydrogen) atoms. The molecule has 0 radical (unpaired) electrons. The van der Waals surface area contributed by atoms with E-state index in [9.17, 15) is 18.0 Å². The van der Waals surface area contributed by atoms with Crippen molar-refractivity contribution in [2.24, 2.45) is 0 Å². The third kappa shape index (κ3) is 6.37. The molecule has 0 bridgehead atoms. The van der Waals surface area contributed by atoms with Crippen LogP contribution in [0.25, 0.3) is 6.08 Å². The molecule has 0 saturated carbocycles. The van der Waals surface area contributed by atoms with Crippen molar-refractivity contribution < 1.29 is 18.0 Å². The van der Waals surface area contributed by atoms with Gasteiger partial charge in [-0.1, -0.05) is 36.4 Å². The number of rotatable bonds is 6. The number of hydrogen-bond acceptors (Lipinski definition) is 2. The van der Waals surface area contributed by atoms with E-state index in [2.05, 4.69) is 10.2 Å². The van der Waals surface area contributed by atoms with Gasteiger partial charge in [-0.2, -0.15) is 13.2 Å². The molecule has 0 aromatic heterocycles. The van der Waals surface area contributed by atoms with Crippen LogP contribution >= 0.6 is 0 Å². The van der Waals surface area contributed by atoms with E-state index in [-0.39, 0.29) is 5.91 Å². The molecule has 2 rings (SSSR count). The highest BCUT2D eigenvalue weighted by atomic mass is 19.4. The van der Waals surface area contributed by atoms with Crippen molar-refractivity contribution in [3.8, 4) is 0 Å². The molecule has 2 aromatic rings. The number of hydrogen-bond donors (Lipinski definition) is 1. The topological polar surface area (TPSA) is 32.3 Å². The summed E-state index contributed by atoms with van der Waals surface area (Å²) >= 11 is 0. The Hall–Kier alpha value is -2.60. The minimum Gasteiger partial charge on any atom is -0.348 e. The first kappa shape index (κ1) is 19.7. The van der Waals surface area contributed by atoms with Gasteiger partial charge >= 0.3 is 6.18 Å². The molecule has 6 heteroatoms. The summed E-state index contributed by atoms with van der Waals surface area (Å²) in [5.74, 6) is -0.303. The number of nitrogens with zero attached hydrogens (tertiary/aromatic N) is 1. The lowest BCUT2D eigenvalue weighted by molar-refractivity contribution is -0.137. The number of amides is 1. The van der Waals surface area contributed by atoms with Crippen LogP contribution in [0.3, 0.4) is 0 Å². The Balaban J connectivity index is 1.85. The first-order valence-corrected chi connectivity index (χ1v) is 8.10. The Labute approximate surface area is 151 Å². The minimum absolute atomic E-state index is 0.303. The standard InChI is InChI=1S/C20H21F3N2O/c1-25(2)14-17-5-3-16(4-6-17)13-24-19(26)12-9-15-7-10-18(11-8-15)20(21,22)23/h3-12H,13-14H2,1-2H3,(H,24,26)/b12-9+. The van der Waals surface area contributed by atoms with Gasteiger partial charge in [0.05, 0.1) is 5.56 Å². The van der Waals surface area contributed by atoms with Gasteiger partial charge in [-0.15, -0.1) is 0 Å². The van der Waals surface area contributed by atoms with E-state index in [0.29, 0.717) is 12.1 Å². The fraction of sp³-hybridized carbons (Fsp3) is 0.250. The molecule has 2 aromatic carbocycles. The molecule has 0 fully saturated rings. The smallest absolute Gasteiger partial charge is 0.348 e. The maximum Gasteiger partial charge on any atom is 0.416 e. The van der Waals surface area contributed by atoms with Crippen LogP contribution in [-0.2, 0) is 24.1 Å². The molecule has 0 atom stereocenters. The average Bonchev–Trinajstić information content (AvgIpc) is 2.58. The highest BCUT2D eigenvalue weighted by Gasteiger charge is 2.29. The summed E-state index contributed by atoms with van der Waals surface area (Å²) in [7, 11) is 3.99. The van der Waals surface area contributed by atoms with Crippen molar-refractivity contribution in [1.29, 1.82) is 0 Å². The third-order valence-electron chi connectivity index (χ3n) is 3.65. The van der Waals surface area contributed by atoms with Crippen LogP contribution < -0.4 is 5.32 Å². The van der Waals surface area contributed by atoms with Crippen molar-refractivity contribution in [2.45, 2.75) is 19.3 Å². The maximum atomic E-state index is 12.5. The van der Waals surface area contributed by atoms with Crippen molar-refractivity contribution >= 4 is 12.0 Å². The van der Waals surface area contributed by atoms with E-state index in [1.807, 2.05) is 38.4 Å². The first-order chi connectivity index (χ1) is 12.2. The van der Waals surface area contributed by atoms with Crippen molar-refractivity contribution in [2.75, 3.05) is 14.1 Å². The zero-order valence-corrected chi connectivity index (χ0v) is 14.7. The van der Waals surface area contributed by atoms with Gasteiger partial charge in [-0.05, 0) is 49.0 Å². The second kappa shape index (κ2) is 8.67. The van der Waals surface area contributed by atoms with Crippen LogP contribution in [-0.4, -0.2) is 24.9 Å². The van der Waals surface area contributed by atoms with Gasteiger partial charge in [-0.3, -0.25) is 4.79 Å². The molecule has 1 N–H and O–H groups in total. The predicted molar refractivity (Wildman–Crippen MR) is 96.2 cm³/mol. The van der Waals surface area contributed by atoms with Crippen LogP contribution in [0.1, 0.15) is 22.3 Å². The average molecular weight is 362 g/mol. The zero-order valence-electron chi connectivity index (χ0n) is 14.7. The van der Waals surface area contributed by atoms with Gasteiger partial charge in [0.2, 0.25) is 5.91 Å². The van der Waals surface area contributed by atoms with E-state index in [0.717, 1.165) is 24.2 Å². The van der Waals surface area contributed by atoms with Crippen molar-refractivity contribution in [3.63, 3.8) is 0 Å². The van der Waals surface area contributed by atoms with Gasteiger partial charge in [0, 0.05) is 19.2 Å². The summed E-state index contributed by atoms with van der Waals surface area (Å²) in [6, 6.07) is 12.6. The van der Waals surface area contributed by atoms with E-state index in [1.165, 1.54) is 29.8 Å². The molecule has 1 amide bonds. The Bertz CT molecular complexity index is 748. The summed E-state index contributed by atoms with van der Waals surface area (Å²) in [5, 5.41) is 2.75. The first-order valence-electron chi connectivity index (χ1n) is 8.10. The van der Waals surface area contributed by atoms with Crippen LogP contribution in [0.5, 0.6) is 0 Å². The van der Waals surface area contributed by atoms with Gasteiger partial charge in [-0.25, -0.2) is 0 Å². The monoisotopic (exact) mass is 362 g/mol. The predicted octanol–water partition coefficient (Wildman–Crippen LogP) is 4.10. The quantitative estimate of drug-likeness (QED) is 0.785. The molecular formula is C20H21F3N2O. The Kier molecular flexibility index (Phi) is 6.58. The van der Waals surface area contributed by atoms with Gasteiger partial charge in [0.1, 0.15) is 0 Å². The Morgan fingerprint density at radius 3 is 2.12 bits per heavy atom. The van der Waals surface area contributed by atoms with Gasteiger partial charge in [0.15, 0.2) is 0 Å². The molecule has 0 aliphatic carbocycles. The summed E-state index contributed by atoms with van der Waals surface area (Å²) in [5.41, 5.74) is 1.98. The van der Waals surface area contributed by atoms with E-state index >= 15 is 0 Å². The highest BCUT2D eigenvalue weighted by molar-refractivity contribution is 5.91. The van der Waals surface area contributed by atoms with Crippen molar-refractivity contribution in [3.05, 3.63) is 76.9 Å². The van der Waals surface area contributed by atoms with Crippen LogP contribution in [0.2, 0.25) is 0 Å². The summed E-state index contributed by atoms with van der Waals surface area (Å²) in [6.45, 7) is 1.24. The molecule has 0 aliphatic heterocycles. The minimum atomic E-state index is -4.36. The van der Waals surface area contributed by atoms with Crippen molar-refractivity contribution in [1.82, 2.24) is 10.2 Å². The number of halogens is 3. The number of alkyl halides is 3. The van der Waals surface area contributed by atoms with Crippen LogP contribution in [0.15, 0.2) is 54.6 Å². The highest BCUT2D eigenvalue weighted by Crippen LogP contribution is 2.29. The number of benzene rings is 2. The van der Waals surface area contributed by atoms with Crippen LogP contribution in [0, 0.1) is 0 Å².